The summed E-state index contributed by atoms with van der Waals surface area (Å²) in [5.74, 6) is 0.0993. The van der Waals surface area contributed by atoms with Crippen LogP contribution in [0, 0.1) is 16.0 Å². The molecular formula is C13H21N3O4S. The highest BCUT2D eigenvalue weighted by Gasteiger charge is 2.33. The normalized spacial score (nSPS) is 12.3. The Balaban J connectivity index is 3.47. The molecule has 0 radical (unpaired) electrons. The van der Waals surface area contributed by atoms with Crippen molar-refractivity contribution in [1.29, 1.82) is 0 Å². The number of anilines is 1. The summed E-state index contributed by atoms with van der Waals surface area (Å²) in [6.45, 7) is 7.53. The van der Waals surface area contributed by atoms with Crippen LogP contribution in [-0.2, 0) is 10.0 Å². The third-order valence-corrected chi connectivity index (χ3v) is 4.96. The molecule has 7 nitrogen and oxygen atoms in total. The first-order valence-corrected chi connectivity index (χ1v) is 8.07. The van der Waals surface area contributed by atoms with Crippen molar-refractivity contribution in [3.8, 4) is 0 Å². The van der Waals surface area contributed by atoms with E-state index in [-0.39, 0.29) is 29.1 Å². The van der Waals surface area contributed by atoms with Crippen LogP contribution in [0.3, 0.4) is 0 Å². The summed E-state index contributed by atoms with van der Waals surface area (Å²) in [4.78, 5) is 10.0. The maximum absolute atomic E-state index is 12.8. The van der Waals surface area contributed by atoms with Gasteiger partial charge >= 0.3 is 0 Å². The molecule has 0 aliphatic heterocycles. The molecule has 21 heavy (non-hydrogen) atoms. The Morgan fingerprint density at radius 3 is 2.29 bits per heavy atom. The first kappa shape index (κ1) is 17.4. The summed E-state index contributed by atoms with van der Waals surface area (Å²) in [5.41, 5.74) is 5.31. The third kappa shape index (κ3) is 3.92. The minimum Gasteiger partial charge on any atom is -0.399 e. The molecule has 0 amide bonds. The van der Waals surface area contributed by atoms with Gasteiger partial charge < -0.3 is 5.73 Å². The van der Waals surface area contributed by atoms with Gasteiger partial charge in [0.2, 0.25) is 10.0 Å². The molecule has 0 bridgehead atoms. The van der Waals surface area contributed by atoms with Crippen LogP contribution in [0.2, 0.25) is 0 Å². The SMILES string of the molecule is CC(C)CN(C(C)C)S(=O)(=O)c1cc(N)ccc1[N+](=O)[O-]. The average Bonchev–Trinajstić information content (AvgIpc) is 2.34. The van der Waals surface area contributed by atoms with Crippen LogP contribution < -0.4 is 5.73 Å². The van der Waals surface area contributed by atoms with Gasteiger partial charge in [-0.1, -0.05) is 13.8 Å². The fraction of sp³-hybridized carbons (Fsp3) is 0.538. The van der Waals surface area contributed by atoms with Gasteiger partial charge in [-0.3, -0.25) is 10.1 Å². The number of nitrogens with two attached hydrogens (primary N) is 1. The summed E-state index contributed by atoms with van der Waals surface area (Å²) in [6, 6.07) is 3.27. The van der Waals surface area contributed by atoms with Gasteiger partial charge in [0.15, 0.2) is 4.90 Å². The van der Waals surface area contributed by atoms with Crippen LogP contribution in [0.15, 0.2) is 23.1 Å². The number of nitro benzene ring substituents is 1. The highest BCUT2D eigenvalue weighted by Crippen LogP contribution is 2.30. The van der Waals surface area contributed by atoms with Gasteiger partial charge in [0.1, 0.15) is 0 Å². The van der Waals surface area contributed by atoms with Gasteiger partial charge in [-0.25, -0.2) is 8.42 Å². The van der Waals surface area contributed by atoms with Gasteiger partial charge in [-0.05, 0) is 31.9 Å². The van der Waals surface area contributed by atoms with E-state index in [4.69, 9.17) is 5.73 Å². The molecule has 0 heterocycles. The summed E-state index contributed by atoms with van der Waals surface area (Å²) in [6.07, 6.45) is 0. The Hall–Kier alpha value is -1.67. The number of nitro groups is 1. The molecule has 0 unspecified atom stereocenters. The molecule has 0 aliphatic carbocycles. The Bertz CT molecular complexity index is 626. The van der Waals surface area contributed by atoms with E-state index >= 15 is 0 Å². The van der Waals surface area contributed by atoms with E-state index < -0.39 is 20.6 Å². The molecule has 1 rings (SSSR count). The van der Waals surface area contributed by atoms with E-state index in [1.807, 2.05) is 13.8 Å². The number of hydrogen-bond acceptors (Lipinski definition) is 5. The predicted octanol–water partition coefficient (Wildman–Crippen LogP) is 2.23. The first-order valence-electron chi connectivity index (χ1n) is 6.63. The molecule has 0 aromatic heterocycles. The van der Waals surface area contributed by atoms with Gasteiger partial charge in [0.25, 0.3) is 5.69 Å². The monoisotopic (exact) mass is 315 g/mol. The fourth-order valence-corrected chi connectivity index (χ4v) is 3.95. The minimum absolute atomic E-state index is 0.0993. The van der Waals surface area contributed by atoms with E-state index in [0.29, 0.717) is 0 Å². The maximum atomic E-state index is 12.8. The molecule has 1 aromatic rings. The van der Waals surface area contributed by atoms with Gasteiger partial charge in [0, 0.05) is 24.3 Å². The summed E-state index contributed by atoms with van der Waals surface area (Å²) < 4.78 is 26.8. The molecule has 0 spiro atoms. The minimum atomic E-state index is -3.98. The van der Waals surface area contributed by atoms with Gasteiger partial charge in [0.05, 0.1) is 4.92 Å². The standard InChI is InChI=1S/C13H21N3O4S/c1-9(2)8-15(10(3)4)21(19,20)13-7-11(14)5-6-12(13)16(17)18/h5-7,9-10H,8,14H2,1-4H3. The molecule has 0 fully saturated rings. The molecule has 8 heteroatoms. The number of sulfonamides is 1. The second-order valence-corrected chi connectivity index (χ2v) is 7.41. The molecule has 2 N–H and O–H groups in total. The quantitative estimate of drug-likeness (QED) is 0.492. The molecule has 1 aromatic carbocycles. The molecule has 0 saturated carbocycles. The maximum Gasteiger partial charge on any atom is 0.289 e. The van der Waals surface area contributed by atoms with Crippen LogP contribution >= 0.6 is 0 Å². The van der Waals surface area contributed by atoms with Crippen molar-refractivity contribution in [3.63, 3.8) is 0 Å². The van der Waals surface area contributed by atoms with Crippen LogP contribution in [-0.4, -0.2) is 30.2 Å². The lowest BCUT2D eigenvalue weighted by Gasteiger charge is -2.27. The van der Waals surface area contributed by atoms with E-state index in [1.54, 1.807) is 13.8 Å². The largest absolute Gasteiger partial charge is 0.399 e. The van der Waals surface area contributed by atoms with Crippen molar-refractivity contribution in [3.05, 3.63) is 28.3 Å². The van der Waals surface area contributed by atoms with E-state index in [1.165, 1.54) is 10.4 Å². The number of rotatable bonds is 6. The Morgan fingerprint density at radius 2 is 1.86 bits per heavy atom. The lowest BCUT2D eigenvalue weighted by molar-refractivity contribution is -0.387. The molecule has 118 valence electrons. The first-order chi connectivity index (χ1) is 9.57. The predicted molar refractivity (Wildman–Crippen MR) is 81.4 cm³/mol. The van der Waals surface area contributed by atoms with Gasteiger partial charge in [-0.2, -0.15) is 4.31 Å². The lowest BCUT2D eigenvalue weighted by atomic mass is 10.2. The highest BCUT2D eigenvalue weighted by molar-refractivity contribution is 7.89. The van der Waals surface area contributed by atoms with Crippen molar-refractivity contribution in [1.82, 2.24) is 4.31 Å². The molecule has 0 aliphatic rings. The van der Waals surface area contributed by atoms with E-state index in [9.17, 15) is 18.5 Å². The molecule has 0 atom stereocenters. The van der Waals surface area contributed by atoms with Crippen molar-refractivity contribution in [2.24, 2.45) is 5.92 Å². The molecule has 0 saturated heterocycles. The van der Waals surface area contributed by atoms with Crippen molar-refractivity contribution in [2.75, 3.05) is 12.3 Å². The van der Waals surface area contributed by atoms with Crippen LogP contribution in [0.25, 0.3) is 0 Å². The van der Waals surface area contributed by atoms with Crippen LogP contribution in [0.1, 0.15) is 27.7 Å². The highest BCUT2D eigenvalue weighted by atomic mass is 32.2. The Kier molecular flexibility index (Phi) is 5.30. The zero-order chi connectivity index (χ0) is 16.4. The van der Waals surface area contributed by atoms with Crippen molar-refractivity contribution in [2.45, 2.75) is 38.6 Å². The Morgan fingerprint density at radius 1 is 1.29 bits per heavy atom. The number of hydrogen-bond donors (Lipinski definition) is 1. The van der Waals surface area contributed by atoms with Crippen molar-refractivity contribution < 1.29 is 13.3 Å². The molecular weight excluding hydrogens is 294 g/mol. The van der Waals surface area contributed by atoms with E-state index in [2.05, 4.69) is 0 Å². The van der Waals surface area contributed by atoms with Crippen LogP contribution in [0.5, 0.6) is 0 Å². The van der Waals surface area contributed by atoms with Gasteiger partial charge in [-0.15, -0.1) is 0 Å². The smallest absolute Gasteiger partial charge is 0.289 e. The van der Waals surface area contributed by atoms with Crippen molar-refractivity contribution >= 4 is 21.4 Å². The zero-order valence-corrected chi connectivity index (χ0v) is 13.4. The summed E-state index contributed by atoms with van der Waals surface area (Å²) in [5, 5.41) is 11.1. The summed E-state index contributed by atoms with van der Waals surface area (Å²) >= 11 is 0. The second kappa shape index (κ2) is 6.40. The second-order valence-electron chi connectivity index (χ2n) is 5.55. The number of benzene rings is 1. The van der Waals surface area contributed by atoms with E-state index in [0.717, 1.165) is 12.1 Å². The van der Waals surface area contributed by atoms with Crippen LogP contribution in [0.4, 0.5) is 11.4 Å². The summed E-state index contributed by atoms with van der Waals surface area (Å²) in [7, 11) is -3.98. The number of nitrogen functional groups attached to an aromatic ring is 1. The number of nitrogens with zero attached hydrogens (tertiary/aromatic N) is 2. The fourth-order valence-electron chi connectivity index (χ4n) is 1.96. The Labute approximate surface area is 124 Å². The third-order valence-electron chi connectivity index (χ3n) is 2.89. The zero-order valence-electron chi connectivity index (χ0n) is 12.6. The average molecular weight is 315 g/mol. The topological polar surface area (TPSA) is 107 Å². The lowest BCUT2D eigenvalue weighted by Crippen LogP contribution is -2.39.